The first-order valence-electron chi connectivity index (χ1n) is 10.1. The monoisotopic (exact) mass is 414 g/mol. The molecular formula is C25H22N2O4. The number of anilines is 1. The molecule has 5 rings (SSSR count). The average Bonchev–Trinajstić information content (AvgIpc) is 2.98. The van der Waals surface area contributed by atoms with Crippen LogP contribution in [0.1, 0.15) is 33.9 Å². The molecule has 0 saturated heterocycles. The molecule has 0 N–H and O–H groups in total. The second kappa shape index (κ2) is 7.47. The second-order valence-corrected chi connectivity index (χ2v) is 7.44. The van der Waals surface area contributed by atoms with Crippen molar-refractivity contribution in [2.24, 2.45) is 4.99 Å². The first kappa shape index (κ1) is 19.2. The van der Waals surface area contributed by atoms with E-state index in [0.29, 0.717) is 23.5 Å². The molecule has 2 aliphatic heterocycles. The highest BCUT2D eigenvalue weighted by atomic mass is 16.5. The zero-order valence-corrected chi connectivity index (χ0v) is 17.6. The predicted molar refractivity (Wildman–Crippen MR) is 119 cm³/mol. The van der Waals surface area contributed by atoms with Gasteiger partial charge in [0.25, 0.3) is 5.91 Å². The summed E-state index contributed by atoms with van der Waals surface area (Å²) in [7, 11) is 4.79. The van der Waals surface area contributed by atoms with Gasteiger partial charge in [0.2, 0.25) is 0 Å². The zero-order valence-electron chi connectivity index (χ0n) is 17.6. The maximum Gasteiger partial charge on any atom is 0.263 e. The summed E-state index contributed by atoms with van der Waals surface area (Å²) in [6.07, 6.45) is 0.579. The van der Waals surface area contributed by atoms with E-state index >= 15 is 0 Å². The van der Waals surface area contributed by atoms with Gasteiger partial charge < -0.3 is 14.2 Å². The molecule has 0 fully saturated rings. The number of benzene rings is 3. The number of carbonyl (C=O) groups excluding carboxylic acids is 1. The molecule has 3 aromatic carbocycles. The Morgan fingerprint density at radius 1 is 0.903 bits per heavy atom. The van der Waals surface area contributed by atoms with Crippen LogP contribution in [-0.2, 0) is 0 Å². The summed E-state index contributed by atoms with van der Waals surface area (Å²) in [6.45, 7) is 0. The molecule has 0 spiro atoms. The van der Waals surface area contributed by atoms with Gasteiger partial charge >= 0.3 is 0 Å². The summed E-state index contributed by atoms with van der Waals surface area (Å²) in [5, 5.41) is 0. The number of amides is 1. The lowest BCUT2D eigenvalue weighted by Gasteiger charge is -2.24. The van der Waals surface area contributed by atoms with E-state index in [-0.39, 0.29) is 11.9 Å². The molecule has 1 unspecified atom stereocenters. The molecule has 0 bridgehead atoms. The van der Waals surface area contributed by atoms with Gasteiger partial charge in [0.15, 0.2) is 11.5 Å². The van der Waals surface area contributed by atoms with E-state index in [1.165, 1.54) is 0 Å². The smallest absolute Gasteiger partial charge is 0.263 e. The molecule has 3 aromatic rings. The molecule has 0 saturated carbocycles. The van der Waals surface area contributed by atoms with E-state index in [9.17, 15) is 4.79 Å². The average molecular weight is 414 g/mol. The van der Waals surface area contributed by atoms with Crippen LogP contribution in [0.2, 0.25) is 0 Å². The van der Waals surface area contributed by atoms with E-state index in [1.54, 1.807) is 21.3 Å². The maximum atomic E-state index is 13.6. The third kappa shape index (κ3) is 2.94. The predicted octanol–water partition coefficient (Wildman–Crippen LogP) is 4.94. The van der Waals surface area contributed by atoms with Crippen molar-refractivity contribution in [1.82, 2.24) is 0 Å². The van der Waals surface area contributed by atoms with Crippen LogP contribution in [0.25, 0.3) is 0 Å². The highest BCUT2D eigenvalue weighted by molar-refractivity contribution is 6.17. The van der Waals surface area contributed by atoms with Gasteiger partial charge in [-0.1, -0.05) is 18.2 Å². The number of hydrogen-bond acceptors (Lipinski definition) is 5. The highest BCUT2D eigenvalue weighted by Gasteiger charge is 2.43. The standard InChI is InChI=1S/C25H22N2O4/c1-29-16-10-8-15(9-11-16)19-14-21-17-12-13-22(30-2)24(31-3)23(17)25(28)27(21)20-7-5-4-6-18(20)26-19/h4-13,21H,14H2,1-3H3. The first-order chi connectivity index (χ1) is 15.2. The summed E-state index contributed by atoms with van der Waals surface area (Å²) in [5.74, 6) is 1.70. The number of nitrogens with zero attached hydrogens (tertiary/aromatic N) is 2. The SMILES string of the molecule is COc1ccc(C2=Nc3ccccc3N3C(=O)c4c(ccc(OC)c4OC)C3C2)cc1. The van der Waals surface area contributed by atoms with Crippen LogP contribution in [0.15, 0.2) is 65.7 Å². The number of ether oxygens (including phenoxy) is 3. The van der Waals surface area contributed by atoms with Crippen molar-refractivity contribution in [3.63, 3.8) is 0 Å². The summed E-state index contributed by atoms with van der Waals surface area (Å²) in [6, 6.07) is 19.2. The molecule has 2 aliphatic rings. The molecular weight excluding hydrogens is 392 g/mol. The summed E-state index contributed by atoms with van der Waals surface area (Å²) in [5.41, 5.74) is 4.94. The Labute approximate surface area is 180 Å². The number of carbonyl (C=O) groups is 1. The lowest BCUT2D eigenvalue weighted by atomic mass is 9.96. The van der Waals surface area contributed by atoms with Crippen LogP contribution in [0.3, 0.4) is 0 Å². The van der Waals surface area contributed by atoms with Gasteiger partial charge in [0, 0.05) is 6.42 Å². The fraction of sp³-hybridized carbons (Fsp3) is 0.200. The van der Waals surface area contributed by atoms with Crippen molar-refractivity contribution in [1.29, 1.82) is 0 Å². The van der Waals surface area contributed by atoms with Gasteiger partial charge in [-0.2, -0.15) is 0 Å². The molecule has 156 valence electrons. The van der Waals surface area contributed by atoms with Crippen molar-refractivity contribution in [2.75, 3.05) is 26.2 Å². The Morgan fingerprint density at radius 3 is 2.39 bits per heavy atom. The van der Waals surface area contributed by atoms with E-state index in [0.717, 1.165) is 34.0 Å². The number of hydrogen-bond donors (Lipinski definition) is 0. The van der Waals surface area contributed by atoms with Crippen molar-refractivity contribution >= 4 is 23.0 Å². The van der Waals surface area contributed by atoms with Gasteiger partial charge in [0.05, 0.1) is 50.0 Å². The molecule has 1 amide bonds. The lowest BCUT2D eigenvalue weighted by molar-refractivity contribution is 0.0989. The van der Waals surface area contributed by atoms with Crippen molar-refractivity contribution in [3.05, 3.63) is 77.4 Å². The van der Waals surface area contributed by atoms with Crippen LogP contribution in [0, 0.1) is 0 Å². The van der Waals surface area contributed by atoms with E-state index in [4.69, 9.17) is 19.2 Å². The largest absolute Gasteiger partial charge is 0.497 e. The molecule has 6 heteroatoms. The summed E-state index contributed by atoms with van der Waals surface area (Å²) < 4.78 is 16.3. The fourth-order valence-electron chi connectivity index (χ4n) is 4.42. The second-order valence-electron chi connectivity index (χ2n) is 7.44. The molecule has 1 atom stereocenters. The van der Waals surface area contributed by atoms with Gasteiger partial charge in [-0.05, 0) is 53.6 Å². The minimum absolute atomic E-state index is 0.102. The van der Waals surface area contributed by atoms with Gasteiger partial charge in [-0.25, -0.2) is 0 Å². The third-order valence-corrected chi connectivity index (χ3v) is 5.89. The Bertz CT molecular complexity index is 1200. The number of rotatable bonds is 4. The normalized spacial score (nSPS) is 16.6. The molecule has 0 radical (unpaired) electrons. The summed E-state index contributed by atoms with van der Waals surface area (Å²) in [4.78, 5) is 20.4. The topological polar surface area (TPSA) is 60.4 Å². The zero-order chi connectivity index (χ0) is 21.5. The van der Waals surface area contributed by atoms with E-state index in [2.05, 4.69) is 0 Å². The number of para-hydroxylation sites is 2. The Hall–Kier alpha value is -3.80. The van der Waals surface area contributed by atoms with Gasteiger partial charge in [0.1, 0.15) is 5.75 Å². The Kier molecular flexibility index (Phi) is 4.62. The Morgan fingerprint density at radius 2 is 1.68 bits per heavy atom. The third-order valence-electron chi connectivity index (χ3n) is 5.89. The highest BCUT2D eigenvalue weighted by Crippen LogP contribution is 2.50. The number of methoxy groups -OCH3 is 3. The van der Waals surface area contributed by atoms with Crippen LogP contribution in [0.4, 0.5) is 11.4 Å². The fourth-order valence-corrected chi connectivity index (χ4v) is 4.42. The maximum absolute atomic E-state index is 13.6. The quantitative estimate of drug-likeness (QED) is 0.607. The molecule has 31 heavy (non-hydrogen) atoms. The van der Waals surface area contributed by atoms with E-state index < -0.39 is 0 Å². The van der Waals surface area contributed by atoms with Gasteiger partial charge in [-0.3, -0.25) is 14.7 Å². The first-order valence-corrected chi connectivity index (χ1v) is 10.1. The van der Waals surface area contributed by atoms with Crippen LogP contribution in [0.5, 0.6) is 17.2 Å². The van der Waals surface area contributed by atoms with Crippen molar-refractivity contribution in [2.45, 2.75) is 12.5 Å². The van der Waals surface area contributed by atoms with Gasteiger partial charge in [-0.15, -0.1) is 0 Å². The molecule has 6 nitrogen and oxygen atoms in total. The minimum atomic E-state index is -0.188. The minimum Gasteiger partial charge on any atom is -0.497 e. The van der Waals surface area contributed by atoms with Crippen LogP contribution in [-0.4, -0.2) is 32.9 Å². The molecule has 0 aliphatic carbocycles. The van der Waals surface area contributed by atoms with E-state index in [1.807, 2.05) is 65.6 Å². The number of fused-ring (bicyclic) bond motifs is 5. The Balaban J connectivity index is 1.69. The molecule has 2 heterocycles. The van der Waals surface area contributed by atoms with Crippen molar-refractivity contribution in [3.8, 4) is 17.2 Å². The number of aliphatic imine (C=N–C) groups is 1. The lowest BCUT2D eigenvalue weighted by Crippen LogP contribution is -2.28. The van der Waals surface area contributed by atoms with Crippen LogP contribution < -0.4 is 19.1 Å². The summed E-state index contributed by atoms with van der Waals surface area (Å²) >= 11 is 0. The van der Waals surface area contributed by atoms with Crippen molar-refractivity contribution < 1.29 is 19.0 Å². The molecule has 0 aromatic heterocycles. The van der Waals surface area contributed by atoms with Crippen LogP contribution >= 0.6 is 0 Å².